The maximum absolute atomic E-state index is 4.51. The zero-order chi connectivity index (χ0) is 10.5. The molecule has 0 aromatic carbocycles. The van der Waals surface area contributed by atoms with Gasteiger partial charge in [-0.25, -0.2) is 4.98 Å². The van der Waals surface area contributed by atoms with E-state index in [-0.39, 0.29) is 10.7 Å². The highest BCUT2D eigenvalue weighted by Crippen LogP contribution is 2.35. The Hall–Kier alpha value is -0.840. The number of aryl methyl sites for hydroxylation is 1. The number of fused-ring (bicyclic) bond motifs is 1. The largest absolute Gasteiger partial charge is 0.213 e. The van der Waals surface area contributed by atoms with E-state index in [2.05, 4.69) is 41.7 Å². The van der Waals surface area contributed by atoms with Crippen molar-refractivity contribution in [2.24, 2.45) is 5.10 Å². The number of nitrogens with zero attached hydrogens (tertiary/aromatic N) is 4. The zero-order valence-electron chi connectivity index (χ0n) is 8.81. The lowest BCUT2D eigenvalue weighted by Crippen LogP contribution is -2.37. The first-order valence-corrected chi connectivity index (χ1v) is 5.16. The molecule has 14 heavy (non-hydrogen) atoms. The lowest BCUT2D eigenvalue weighted by atomic mass is 9.82. The van der Waals surface area contributed by atoms with Gasteiger partial charge in [0.1, 0.15) is 5.82 Å². The number of rotatable bonds is 1. The minimum Gasteiger partial charge on any atom is -0.213 e. The predicted molar refractivity (Wildman–Crippen MR) is 59.1 cm³/mol. The molecule has 1 aliphatic rings. The van der Waals surface area contributed by atoms with Crippen LogP contribution in [0, 0.1) is 6.92 Å². The van der Waals surface area contributed by atoms with Gasteiger partial charge in [-0.15, -0.1) is 9.89 Å². The van der Waals surface area contributed by atoms with Gasteiger partial charge in [0.05, 0.1) is 11.1 Å². The molecule has 2 rings (SSSR count). The van der Waals surface area contributed by atoms with E-state index in [0.29, 0.717) is 0 Å². The highest BCUT2D eigenvalue weighted by Gasteiger charge is 2.43. The molecule has 1 aliphatic heterocycles. The summed E-state index contributed by atoms with van der Waals surface area (Å²) in [6.07, 6.45) is 0. The van der Waals surface area contributed by atoms with Gasteiger partial charge in [-0.3, -0.25) is 0 Å². The van der Waals surface area contributed by atoms with Crippen molar-refractivity contribution in [2.75, 3.05) is 0 Å². The number of hydrogen-bond donors (Lipinski definition) is 1. The minimum atomic E-state index is -0.190. The maximum atomic E-state index is 4.51. The summed E-state index contributed by atoms with van der Waals surface area (Å²) in [5, 5.41) is 8.74. The third-order valence-electron chi connectivity index (χ3n) is 2.99. The van der Waals surface area contributed by atoms with Crippen LogP contribution in [-0.4, -0.2) is 25.8 Å². The molecule has 0 saturated heterocycles. The topological polar surface area (TPSA) is 43.1 Å². The van der Waals surface area contributed by atoms with Crippen LogP contribution in [-0.2, 0) is 5.41 Å². The fourth-order valence-electron chi connectivity index (χ4n) is 1.70. The van der Waals surface area contributed by atoms with Gasteiger partial charge in [0, 0.05) is 5.25 Å². The number of hydrogen-bond acceptors (Lipinski definition) is 4. The standard InChI is InChI=1S/C9H14N4S/c1-5-9(4,6(2)14)8-10-7(3)12-13(8)11-5/h6,14H,1-4H3. The van der Waals surface area contributed by atoms with Crippen LogP contribution in [0.5, 0.6) is 0 Å². The monoisotopic (exact) mass is 210 g/mol. The van der Waals surface area contributed by atoms with Gasteiger partial charge in [0.25, 0.3) is 0 Å². The second kappa shape index (κ2) is 2.82. The quantitative estimate of drug-likeness (QED) is 0.712. The van der Waals surface area contributed by atoms with Gasteiger partial charge in [-0.1, -0.05) is 6.92 Å². The van der Waals surface area contributed by atoms with E-state index in [4.69, 9.17) is 0 Å². The summed E-state index contributed by atoms with van der Waals surface area (Å²) < 4.78 is 0. The molecular weight excluding hydrogens is 196 g/mol. The molecule has 0 spiro atoms. The van der Waals surface area contributed by atoms with Crippen LogP contribution in [0.25, 0.3) is 0 Å². The number of aromatic nitrogens is 3. The summed E-state index contributed by atoms with van der Waals surface area (Å²) in [7, 11) is 0. The molecule has 0 bridgehead atoms. The van der Waals surface area contributed by atoms with E-state index in [1.54, 1.807) is 4.79 Å². The summed E-state index contributed by atoms with van der Waals surface area (Å²) in [5.41, 5.74) is 0.833. The van der Waals surface area contributed by atoms with Crippen molar-refractivity contribution in [3.05, 3.63) is 11.6 Å². The smallest absolute Gasteiger partial charge is 0.165 e. The van der Waals surface area contributed by atoms with E-state index >= 15 is 0 Å². The first-order valence-electron chi connectivity index (χ1n) is 4.64. The Labute approximate surface area is 88.8 Å². The Kier molecular flexibility index (Phi) is 1.96. The van der Waals surface area contributed by atoms with E-state index in [0.717, 1.165) is 17.4 Å². The summed E-state index contributed by atoms with van der Waals surface area (Å²) in [5.74, 6) is 1.66. The molecule has 1 aromatic heterocycles. The lowest BCUT2D eigenvalue weighted by Gasteiger charge is -2.26. The average molecular weight is 210 g/mol. The average Bonchev–Trinajstić information content (AvgIpc) is 2.53. The molecule has 2 atom stereocenters. The van der Waals surface area contributed by atoms with Crippen LogP contribution in [0.1, 0.15) is 32.4 Å². The normalized spacial score (nSPS) is 27.4. The van der Waals surface area contributed by atoms with Gasteiger partial charge in [0.15, 0.2) is 5.82 Å². The molecule has 2 unspecified atom stereocenters. The van der Waals surface area contributed by atoms with E-state index in [1.807, 2.05) is 13.8 Å². The molecule has 5 heteroatoms. The Balaban J connectivity index is 2.61. The summed E-state index contributed by atoms with van der Waals surface area (Å²) in [6.45, 7) is 8.04. The van der Waals surface area contributed by atoms with Crippen molar-refractivity contribution in [2.45, 2.75) is 38.4 Å². The van der Waals surface area contributed by atoms with Crippen molar-refractivity contribution >= 4 is 18.3 Å². The second-order valence-corrected chi connectivity index (χ2v) is 4.71. The second-order valence-electron chi connectivity index (χ2n) is 3.94. The third-order valence-corrected chi connectivity index (χ3v) is 3.51. The van der Waals surface area contributed by atoms with Crippen molar-refractivity contribution in [3.63, 3.8) is 0 Å². The lowest BCUT2D eigenvalue weighted by molar-refractivity contribution is 0.581. The fraction of sp³-hybridized carbons (Fsp3) is 0.667. The molecule has 0 N–H and O–H groups in total. The molecule has 0 radical (unpaired) electrons. The van der Waals surface area contributed by atoms with Gasteiger partial charge in [-0.2, -0.15) is 17.7 Å². The third kappa shape index (κ3) is 1.05. The van der Waals surface area contributed by atoms with Gasteiger partial charge in [0.2, 0.25) is 0 Å². The molecule has 76 valence electrons. The van der Waals surface area contributed by atoms with Crippen molar-refractivity contribution in [1.82, 2.24) is 14.9 Å². The van der Waals surface area contributed by atoms with Crippen LogP contribution < -0.4 is 0 Å². The highest BCUT2D eigenvalue weighted by atomic mass is 32.1. The Morgan fingerprint density at radius 1 is 1.43 bits per heavy atom. The van der Waals surface area contributed by atoms with Gasteiger partial charge in [-0.05, 0) is 20.8 Å². The highest BCUT2D eigenvalue weighted by molar-refractivity contribution is 7.81. The summed E-state index contributed by atoms with van der Waals surface area (Å²) in [4.78, 5) is 6.03. The SMILES string of the molecule is CC1=Nn2nc(C)nc2C1(C)C(C)S. The molecule has 0 amide bonds. The van der Waals surface area contributed by atoms with Gasteiger partial charge < -0.3 is 0 Å². The Bertz CT molecular complexity index is 407. The molecule has 2 heterocycles. The fourth-order valence-corrected chi connectivity index (χ4v) is 2.00. The Morgan fingerprint density at radius 2 is 2.07 bits per heavy atom. The van der Waals surface area contributed by atoms with E-state index < -0.39 is 0 Å². The van der Waals surface area contributed by atoms with Crippen molar-refractivity contribution in [3.8, 4) is 0 Å². The van der Waals surface area contributed by atoms with Crippen LogP contribution >= 0.6 is 12.6 Å². The first-order chi connectivity index (χ1) is 6.46. The molecule has 4 nitrogen and oxygen atoms in total. The summed E-state index contributed by atoms with van der Waals surface area (Å²) in [6, 6.07) is 0. The molecular formula is C9H14N4S. The van der Waals surface area contributed by atoms with Crippen molar-refractivity contribution in [1.29, 1.82) is 0 Å². The molecule has 0 aliphatic carbocycles. The van der Waals surface area contributed by atoms with E-state index in [9.17, 15) is 0 Å². The maximum Gasteiger partial charge on any atom is 0.165 e. The molecule has 1 aromatic rings. The van der Waals surface area contributed by atoms with Crippen LogP contribution in [0.15, 0.2) is 5.10 Å². The molecule has 0 saturated carbocycles. The van der Waals surface area contributed by atoms with Crippen LogP contribution in [0.4, 0.5) is 0 Å². The first kappa shape index (κ1) is 9.71. The minimum absolute atomic E-state index is 0.177. The summed E-state index contributed by atoms with van der Waals surface area (Å²) >= 11 is 4.51. The van der Waals surface area contributed by atoms with Crippen molar-refractivity contribution < 1.29 is 0 Å². The van der Waals surface area contributed by atoms with Crippen LogP contribution in [0.2, 0.25) is 0 Å². The predicted octanol–water partition coefficient (Wildman–Crippen LogP) is 1.40. The number of thiol groups is 1. The Morgan fingerprint density at radius 3 is 2.64 bits per heavy atom. The zero-order valence-corrected chi connectivity index (χ0v) is 9.71. The van der Waals surface area contributed by atoms with E-state index in [1.165, 1.54) is 0 Å². The van der Waals surface area contributed by atoms with Gasteiger partial charge >= 0.3 is 0 Å². The van der Waals surface area contributed by atoms with Crippen LogP contribution in [0.3, 0.4) is 0 Å². The molecule has 0 fully saturated rings.